The highest BCUT2D eigenvalue weighted by molar-refractivity contribution is 7.17. The minimum Gasteiger partial charge on any atom is -0.383 e. The highest BCUT2D eigenvalue weighted by atomic mass is 32.1. The molecule has 1 aliphatic heterocycles. The summed E-state index contributed by atoms with van der Waals surface area (Å²) in [7, 11) is 3.54. The summed E-state index contributed by atoms with van der Waals surface area (Å²) >= 11 is 1.47. The van der Waals surface area contributed by atoms with Crippen LogP contribution in [0, 0.1) is 0 Å². The van der Waals surface area contributed by atoms with Crippen LogP contribution in [0.4, 0.5) is 0 Å². The summed E-state index contributed by atoms with van der Waals surface area (Å²) in [5.41, 5.74) is 0.964. The Morgan fingerprint density at radius 1 is 1.38 bits per heavy atom. The molecule has 0 saturated carbocycles. The van der Waals surface area contributed by atoms with E-state index in [0.29, 0.717) is 12.3 Å². The SMILES string of the molecule is CCCC1(COC)CCCN1Cc1nnc2n(C)c(=O)c3sccc3n12. The van der Waals surface area contributed by atoms with Crippen LogP contribution in [0.1, 0.15) is 38.4 Å². The van der Waals surface area contributed by atoms with Crippen molar-refractivity contribution in [3.63, 3.8) is 0 Å². The molecule has 3 aromatic heterocycles. The van der Waals surface area contributed by atoms with E-state index in [2.05, 4.69) is 22.0 Å². The molecule has 0 bridgehead atoms. The van der Waals surface area contributed by atoms with Gasteiger partial charge >= 0.3 is 0 Å². The van der Waals surface area contributed by atoms with Gasteiger partial charge in [-0.15, -0.1) is 21.5 Å². The standard InChI is InChI=1S/C18H25N5O2S/c1-4-7-18(12-25-3)8-5-9-22(18)11-14-19-20-17-21(2)16(24)15-13(23(14)17)6-10-26-15/h6,10H,4-5,7-9,11-12H2,1-3H3. The van der Waals surface area contributed by atoms with Gasteiger partial charge in [0.05, 0.1) is 18.7 Å². The molecule has 1 unspecified atom stereocenters. The number of thiophene rings is 1. The monoisotopic (exact) mass is 375 g/mol. The molecule has 0 aromatic carbocycles. The fourth-order valence-electron chi connectivity index (χ4n) is 4.42. The van der Waals surface area contributed by atoms with Crippen molar-refractivity contribution >= 4 is 27.3 Å². The number of likely N-dealkylation sites (tertiary alicyclic amines) is 1. The third-order valence-corrected chi connectivity index (χ3v) is 6.49. The maximum atomic E-state index is 12.5. The third kappa shape index (κ3) is 2.59. The molecule has 140 valence electrons. The minimum atomic E-state index is -0.0117. The van der Waals surface area contributed by atoms with E-state index in [9.17, 15) is 4.79 Å². The highest BCUT2D eigenvalue weighted by Crippen LogP contribution is 2.35. The number of nitrogens with zero attached hydrogens (tertiary/aromatic N) is 5. The van der Waals surface area contributed by atoms with Crippen molar-refractivity contribution in [2.75, 3.05) is 20.3 Å². The third-order valence-electron chi connectivity index (χ3n) is 5.60. The molecule has 0 spiro atoms. The Balaban J connectivity index is 1.79. The lowest BCUT2D eigenvalue weighted by atomic mass is 9.91. The van der Waals surface area contributed by atoms with Gasteiger partial charge in [0, 0.05) is 19.7 Å². The number of aromatic nitrogens is 4. The van der Waals surface area contributed by atoms with Crippen LogP contribution in [-0.4, -0.2) is 49.9 Å². The predicted molar refractivity (Wildman–Crippen MR) is 103 cm³/mol. The van der Waals surface area contributed by atoms with Crippen molar-refractivity contribution in [3.8, 4) is 0 Å². The zero-order valence-corrected chi connectivity index (χ0v) is 16.4. The highest BCUT2D eigenvalue weighted by Gasteiger charge is 2.40. The molecule has 1 saturated heterocycles. The van der Waals surface area contributed by atoms with Crippen LogP contribution in [0.25, 0.3) is 16.0 Å². The summed E-state index contributed by atoms with van der Waals surface area (Å²) < 4.78 is 9.96. The lowest BCUT2D eigenvalue weighted by Gasteiger charge is -2.37. The van der Waals surface area contributed by atoms with Gasteiger partial charge < -0.3 is 4.74 Å². The van der Waals surface area contributed by atoms with Crippen LogP contribution < -0.4 is 5.56 Å². The largest absolute Gasteiger partial charge is 0.383 e. The molecular weight excluding hydrogens is 350 g/mol. The summed E-state index contributed by atoms with van der Waals surface area (Å²) in [6.07, 6.45) is 4.57. The van der Waals surface area contributed by atoms with Gasteiger partial charge in [-0.2, -0.15) is 0 Å². The van der Waals surface area contributed by atoms with E-state index in [4.69, 9.17) is 4.74 Å². The Hall–Kier alpha value is -1.77. The maximum absolute atomic E-state index is 12.5. The molecular formula is C18H25N5O2S. The normalized spacial score (nSPS) is 21.3. The quantitative estimate of drug-likeness (QED) is 0.662. The zero-order chi connectivity index (χ0) is 18.3. The van der Waals surface area contributed by atoms with Gasteiger partial charge in [0.15, 0.2) is 5.82 Å². The molecule has 7 nitrogen and oxygen atoms in total. The first kappa shape index (κ1) is 17.6. The van der Waals surface area contributed by atoms with E-state index >= 15 is 0 Å². The fraction of sp³-hybridized carbons (Fsp3) is 0.611. The number of methoxy groups -OCH3 is 1. The van der Waals surface area contributed by atoms with E-state index in [0.717, 1.165) is 48.5 Å². The molecule has 0 radical (unpaired) electrons. The second-order valence-corrected chi connectivity index (χ2v) is 8.10. The summed E-state index contributed by atoms with van der Waals surface area (Å²) in [5, 5.41) is 10.7. The van der Waals surface area contributed by atoms with E-state index in [-0.39, 0.29) is 11.1 Å². The Kier molecular flexibility index (Phi) is 4.58. The van der Waals surface area contributed by atoms with Gasteiger partial charge in [-0.05, 0) is 37.3 Å². The number of hydrogen-bond acceptors (Lipinski definition) is 6. The molecule has 4 heterocycles. The molecule has 1 atom stereocenters. The first-order chi connectivity index (χ1) is 12.6. The number of hydrogen-bond donors (Lipinski definition) is 0. The topological polar surface area (TPSA) is 64.7 Å². The van der Waals surface area contributed by atoms with Crippen molar-refractivity contribution in [3.05, 3.63) is 27.6 Å². The average Bonchev–Trinajstić information content (AvgIpc) is 3.33. The van der Waals surface area contributed by atoms with Crippen molar-refractivity contribution < 1.29 is 4.74 Å². The van der Waals surface area contributed by atoms with Gasteiger partial charge in [0.1, 0.15) is 4.70 Å². The summed E-state index contributed by atoms with van der Waals surface area (Å²) in [4.78, 5) is 15.0. The smallest absolute Gasteiger partial charge is 0.272 e. The molecule has 1 aliphatic rings. The van der Waals surface area contributed by atoms with Gasteiger partial charge in [-0.25, -0.2) is 0 Å². The Labute approximate surface area is 156 Å². The van der Waals surface area contributed by atoms with Crippen molar-refractivity contribution in [1.82, 2.24) is 24.1 Å². The Bertz CT molecular complexity index is 983. The molecule has 1 fully saturated rings. The molecule has 0 aliphatic carbocycles. The summed E-state index contributed by atoms with van der Waals surface area (Å²) in [6.45, 7) is 4.72. The number of rotatable bonds is 6. The van der Waals surface area contributed by atoms with Crippen LogP contribution in [0.15, 0.2) is 16.2 Å². The zero-order valence-electron chi connectivity index (χ0n) is 15.6. The number of ether oxygens (including phenoxy) is 1. The molecule has 0 N–H and O–H groups in total. The fourth-order valence-corrected chi connectivity index (χ4v) is 5.27. The average molecular weight is 375 g/mol. The van der Waals surface area contributed by atoms with E-state index in [1.54, 1.807) is 18.7 Å². The van der Waals surface area contributed by atoms with Crippen molar-refractivity contribution in [1.29, 1.82) is 0 Å². The van der Waals surface area contributed by atoms with Crippen LogP contribution >= 0.6 is 11.3 Å². The van der Waals surface area contributed by atoms with Gasteiger partial charge in [-0.1, -0.05) is 13.3 Å². The first-order valence-corrected chi connectivity index (χ1v) is 10.0. The second kappa shape index (κ2) is 6.75. The van der Waals surface area contributed by atoms with Crippen molar-refractivity contribution in [2.24, 2.45) is 7.05 Å². The minimum absolute atomic E-state index is 0.0117. The van der Waals surface area contributed by atoms with Crippen molar-refractivity contribution in [2.45, 2.75) is 44.7 Å². The van der Waals surface area contributed by atoms with Crippen LogP contribution in [0.5, 0.6) is 0 Å². The molecule has 26 heavy (non-hydrogen) atoms. The maximum Gasteiger partial charge on any atom is 0.272 e. The van der Waals surface area contributed by atoms with Crippen LogP contribution in [0.2, 0.25) is 0 Å². The van der Waals surface area contributed by atoms with Gasteiger partial charge in [0.25, 0.3) is 5.56 Å². The lowest BCUT2D eigenvalue weighted by molar-refractivity contribution is 0.0250. The predicted octanol–water partition coefficient (Wildman–Crippen LogP) is 2.42. The van der Waals surface area contributed by atoms with Gasteiger partial charge in [-0.3, -0.25) is 18.7 Å². The summed E-state index contributed by atoms with van der Waals surface area (Å²) in [5.74, 6) is 1.49. The van der Waals surface area contributed by atoms with E-state index < -0.39 is 0 Å². The van der Waals surface area contributed by atoms with Crippen LogP contribution in [0.3, 0.4) is 0 Å². The van der Waals surface area contributed by atoms with E-state index in [1.165, 1.54) is 17.8 Å². The van der Waals surface area contributed by atoms with Crippen LogP contribution in [-0.2, 0) is 18.3 Å². The van der Waals surface area contributed by atoms with Gasteiger partial charge in [0.2, 0.25) is 5.78 Å². The lowest BCUT2D eigenvalue weighted by Crippen LogP contribution is -2.47. The van der Waals surface area contributed by atoms with E-state index in [1.807, 2.05) is 15.8 Å². The molecule has 8 heteroatoms. The molecule has 3 aromatic rings. The molecule has 0 amide bonds. The Morgan fingerprint density at radius 3 is 3.00 bits per heavy atom. The Morgan fingerprint density at radius 2 is 2.23 bits per heavy atom. The second-order valence-electron chi connectivity index (χ2n) is 7.18. The summed E-state index contributed by atoms with van der Waals surface area (Å²) in [6, 6.07) is 1.99. The molecule has 4 rings (SSSR count). The first-order valence-electron chi connectivity index (χ1n) is 9.15. The number of fused-ring (bicyclic) bond motifs is 3. The number of aryl methyl sites for hydroxylation is 1.